The first kappa shape index (κ1) is 23.8. The molecule has 0 aliphatic carbocycles. The summed E-state index contributed by atoms with van der Waals surface area (Å²) in [5, 5.41) is 5.14. The number of pyridine rings is 1. The SMILES string of the molecule is C[C@@H](NC(=O)OCc1ccccc1)C(=O)NCCSc1ncc(C(F)(F)F)cc1Cl. The van der Waals surface area contributed by atoms with E-state index >= 15 is 0 Å². The van der Waals surface area contributed by atoms with Crippen molar-refractivity contribution in [1.82, 2.24) is 15.6 Å². The Morgan fingerprint density at radius 1 is 1.27 bits per heavy atom. The molecule has 0 aliphatic rings. The molecule has 6 nitrogen and oxygen atoms in total. The van der Waals surface area contributed by atoms with Crippen LogP contribution >= 0.6 is 23.4 Å². The Labute approximate surface area is 180 Å². The topological polar surface area (TPSA) is 80.3 Å². The molecule has 30 heavy (non-hydrogen) atoms. The van der Waals surface area contributed by atoms with Gasteiger partial charge in [0.05, 0.1) is 10.6 Å². The number of alkyl carbamates (subject to hydrolysis) is 1. The van der Waals surface area contributed by atoms with Crippen LogP contribution in [-0.2, 0) is 22.3 Å². The van der Waals surface area contributed by atoms with Gasteiger partial charge in [-0.25, -0.2) is 9.78 Å². The number of hydrogen-bond donors (Lipinski definition) is 2. The number of thioether (sulfide) groups is 1. The summed E-state index contributed by atoms with van der Waals surface area (Å²) < 4.78 is 42.9. The van der Waals surface area contributed by atoms with Gasteiger partial charge in [-0.05, 0) is 18.6 Å². The number of benzene rings is 1. The largest absolute Gasteiger partial charge is 0.445 e. The molecule has 1 aromatic carbocycles. The van der Waals surface area contributed by atoms with Crippen LogP contribution in [0.25, 0.3) is 0 Å². The number of amides is 2. The Kier molecular flexibility index (Phi) is 8.79. The molecule has 0 saturated carbocycles. The van der Waals surface area contributed by atoms with Crippen molar-refractivity contribution in [1.29, 1.82) is 0 Å². The van der Waals surface area contributed by atoms with Crippen molar-refractivity contribution >= 4 is 35.4 Å². The standard InChI is InChI=1S/C19H19ClF3N3O3S/c1-12(26-18(28)29-11-13-5-3-2-4-6-13)16(27)24-7-8-30-17-15(20)9-14(10-25-17)19(21,22)23/h2-6,9-10,12H,7-8,11H2,1H3,(H,24,27)(H,26,28)/t12-/m1/s1. The summed E-state index contributed by atoms with van der Waals surface area (Å²) in [6.45, 7) is 1.78. The van der Waals surface area contributed by atoms with Crippen molar-refractivity contribution < 1.29 is 27.5 Å². The predicted molar refractivity (Wildman–Crippen MR) is 107 cm³/mol. The molecule has 0 bridgehead atoms. The third kappa shape index (κ3) is 7.75. The third-order valence-electron chi connectivity index (χ3n) is 3.72. The van der Waals surface area contributed by atoms with Gasteiger partial charge >= 0.3 is 12.3 Å². The van der Waals surface area contributed by atoms with Gasteiger partial charge in [-0.2, -0.15) is 13.2 Å². The van der Waals surface area contributed by atoms with Crippen molar-refractivity contribution in [2.45, 2.75) is 30.8 Å². The molecule has 2 N–H and O–H groups in total. The van der Waals surface area contributed by atoms with E-state index in [0.717, 1.165) is 23.4 Å². The van der Waals surface area contributed by atoms with Crippen LogP contribution in [0.2, 0.25) is 5.02 Å². The van der Waals surface area contributed by atoms with Gasteiger partial charge in [-0.15, -0.1) is 11.8 Å². The summed E-state index contributed by atoms with van der Waals surface area (Å²) >= 11 is 6.93. The first-order valence-corrected chi connectivity index (χ1v) is 10.1. The second-order valence-electron chi connectivity index (χ2n) is 6.08. The van der Waals surface area contributed by atoms with E-state index in [1.807, 2.05) is 18.2 Å². The van der Waals surface area contributed by atoms with Gasteiger partial charge in [0.1, 0.15) is 17.7 Å². The lowest BCUT2D eigenvalue weighted by Gasteiger charge is -2.14. The summed E-state index contributed by atoms with van der Waals surface area (Å²) in [5.41, 5.74) is -0.110. The van der Waals surface area contributed by atoms with E-state index in [1.54, 1.807) is 12.1 Å². The lowest BCUT2D eigenvalue weighted by molar-refractivity contribution is -0.137. The van der Waals surface area contributed by atoms with Gasteiger partial charge in [0.2, 0.25) is 5.91 Å². The maximum Gasteiger partial charge on any atom is 0.417 e. The Balaban J connectivity index is 1.69. The minimum atomic E-state index is -4.51. The number of carbonyl (C=O) groups is 2. The first-order valence-electron chi connectivity index (χ1n) is 8.77. The Morgan fingerprint density at radius 2 is 1.97 bits per heavy atom. The molecule has 0 fully saturated rings. The van der Waals surface area contributed by atoms with Gasteiger partial charge in [-0.1, -0.05) is 41.9 Å². The second-order valence-corrected chi connectivity index (χ2v) is 7.57. The minimum absolute atomic E-state index is 0.0819. The molecule has 1 aromatic heterocycles. The number of aromatic nitrogens is 1. The monoisotopic (exact) mass is 461 g/mol. The molecule has 11 heteroatoms. The molecule has 0 spiro atoms. The smallest absolute Gasteiger partial charge is 0.417 e. The Hall–Kier alpha value is -2.46. The van der Waals surface area contributed by atoms with Crippen LogP contribution in [0.1, 0.15) is 18.1 Å². The Bertz CT molecular complexity index is 869. The van der Waals surface area contributed by atoms with Gasteiger partial charge in [0.15, 0.2) is 0 Å². The Morgan fingerprint density at radius 3 is 2.60 bits per heavy atom. The minimum Gasteiger partial charge on any atom is -0.445 e. The summed E-state index contributed by atoms with van der Waals surface area (Å²) in [6.07, 6.45) is -4.53. The number of hydrogen-bond acceptors (Lipinski definition) is 5. The molecule has 2 rings (SSSR count). The molecule has 0 unspecified atom stereocenters. The van der Waals surface area contributed by atoms with Crippen LogP contribution in [0.5, 0.6) is 0 Å². The van der Waals surface area contributed by atoms with E-state index < -0.39 is 29.8 Å². The zero-order chi connectivity index (χ0) is 22.1. The number of ether oxygens (including phenoxy) is 1. The molecular formula is C19H19ClF3N3O3S. The van der Waals surface area contributed by atoms with Crippen LogP contribution in [0.4, 0.5) is 18.0 Å². The van der Waals surface area contributed by atoms with E-state index in [9.17, 15) is 22.8 Å². The molecule has 1 heterocycles. The fourth-order valence-electron chi connectivity index (χ4n) is 2.17. The van der Waals surface area contributed by atoms with E-state index in [1.165, 1.54) is 6.92 Å². The zero-order valence-corrected chi connectivity index (χ0v) is 17.4. The van der Waals surface area contributed by atoms with Crippen molar-refractivity contribution in [2.24, 2.45) is 0 Å². The van der Waals surface area contributed by atoms with Crippen LogP contribution in [0, 0.1) is 0 Å². The number of rotatable bonds is 8. The maximum absolute atomic E-state index is 12.6. The highest BCUT2D eigenvalue weighted by Crippen LogP contribution is 2.33. The van der Waals surface area contributed by atoms with Crippen LogP contribution < -0.4 is 10.6 Å². The number of carbonyl (C=O) groups excluding carboxylic acids is 2. The van der Waals surface area contributed by atoms with E-state index in [-0.39, 0.29) is 23.2 Å². The van der Waals surface area contributed by atoms with Crippen molar-refractivity contribution in [2.75, 3.05) is 12.3 Å². The fraction of sp³-hybridized carbons (Fsp3) is 0.316. The summed E-state index contributed by atoms with van der Waals surface area (Å²) in [4.78, 5) is 27.5. The highest BCUT2D eigenvalue weighted by atomic mass is 35.5. The highest BCUT2D eigenvalue weighted by Gasteiger charge is 2.31. The van der Waals surface area contributed by atoms with Crippen LogP contribution in [0.15, 0.2) is 47.6 Å². The lowest BCUT2D eigenvalue weighted by Crippen LogP contribution is -2.45. The quantitative estimate of drug-likeness (QED) is 0.453. The third-order valence-corrected chi connectivity index (χ3v) is 5.12. The molecule has 0 saturated heterocycles. The number of nitrogens with one attached hydrogen (secondary N) is 2. The summed E-state index contributed by atoms with van der Waals surface area (Å²) in [6, 6.07) is 9.07. The molecule has 0 radical (unpaired) electrons. The average Bonchev–Trinajstić information content (AvgIpc) is 2.70. The lowest BCUT2D eigenvalue weighted by atomic mass is 10.2. The number of nitrogens with zero attached hydrogens (tertiary/aromatic N) is 1. The van der Waals surface area contributed by atoms with E-state index in [2.05, 4.69) is 15.6 Å². The molecule has 2 aromatic rings. The first-order chi connectivity index (χ1) is 14.2. The van der Waals surface area contributed by atoms with Crippen molar-refractivity contribution in [3.05, 3.63) is 58.7 Å². The second kappa shape index (κ2) is 11.1. The van der Waals surface area contributed by atoms with Gasteiger partial charge < -0.3 is 15.4 Å². The summed E-state index contributed by atoms with van der Waals surface area (Å²) in [7, 11) is 0. The molecule has 162 valence electrons. The average molecular weight is 462 g/mol. The van der Waals surface area contributed by atoms with Crippen molar-refractivity contribution in [3.8, 4) is 0 Å². The van der Waals surface area contributed by atoms with Crippen LogP contribution in [-0.4, -0.2) is 35.3 Å². The van der Waals surface area contributed by atoms with E-state index in [0.29, 0.717) is 11.9 Å². The summed E-state index contributed by atoms with van der Waals surface area (Å²) in [5.74, 6) is -0.103. The molecule has 1 atom stereocenters. The van der Waals surface area contributed by atoms with E-state index in [4.69, 9.17) is 16.3 Å². The highest BCUT2D eigenvalue weighted by molar-refractivity contribution is 7.99. The van der Waals surface area contributed by atoms with Crippen LogP contribution in [0.3, 0.4) is 0 Å². The zero-order valence-electron chi connectivity index (χ0n) is 15.8. The molecular weight excluding hydrogens is 443 g/mol. The van der Waals surface area contributed by atoms with Crippen molar-refractivity contribution in [3.63, 3.8) is 0 Å². The van der Waals surface area contributed by atoms with Gasteiger partial charge in [0, 0.05) is 18.5 Å². The normalized spacial score (nSPS) is 12.2. The predicted octanol–water partition coefficient (Wildman–Crippen LogP) is 4.28. The molecule has 0 aliphatic heterocycles. The van der Waals surface area contributed by atoms with Gasteiger partial charge in [0.25, 0.3) is 0 Å². The fourth-order valence-corrected chi connectivity index (χ4v) is 3.22. The number of alkyl halides is 3. The maximum atomic E-state index is 12.6. The van der Waals surface area contributed by atoms with Gasteiger partial charge in [-0.3, -0.25) is 4.79 Å². The number of halogens is 4. The molecule has 2 amide bonds.